The van der Waals surface area contributed by atoms with Gasteiger partial charge in [-0.05, 0) is 42.8 Å². The molecule has 1 atom stereocenters. The summed E-state index contributed by atoms with van der Waals surface area (Å²) in [6.45, 7) is 3.75. The summed E-state index contributed by atoms with van der Waals surface area (Å²) in [5, 5.41) is 3.28. The van der Waals surface area contributed by atoms with Crippen LogP contribution in [0.25, 0.3) is 0 Å². The fourth-order valence-corrected chi connectivity index (χ4v) is 4.75. The van der Waals surface area contributed by atoms with Gasteiger partial charge in [-0.25, -0.2) is 13.1 Å². The Morgan fingerprint density at radius 3 is 2.95 bits per heavy atom. The lowest BCUT2D eigenvalue weighted by atomic mass is 10.2. The number of nitrogens with one attached hydrogen (secondary N) is 2. The first-order valence-corrected chi connectivity index (χ1v) is 9.65. The van der Waals surface area contributed by atoms with Crippen LogP contribution in [0.5, 0.6) is 0 Å². The Labute approximate surface area is 125 Å². The number of sulfonamides is 1. The van der Waals surface area contributed by atoms with Gasteiger partial charge in [-0.15, -0.1) is 0 Å². The predicted octanol–water partition coefficient (Wildman–Crippen LogP) is 1.97. The van der Waals surface area contributed by atoms with Crippen LogP contribution in [0.1, 0.15) is 25.3 Å². The molecule has 1 unspecified atom stereocenters. The largest absolute Gasteiger partial charge is 0.313 e. The van der Waals surface area contributed by atoms with Crippen LogP contribution in [-0.4, -0.2) is 32.5 Å². The molecule has 4 nitrogen and oxygen atoms in total. The van der Waals surface area contributed by atoms with E-state index in [0.717, 1.165) is 36.5 Å². The van der Waals surface area contributed by atoms with Crippen molar-refractivity contribution < 1.29 is 8.42 Å². The standard InChI is InChI=1S/C14H22N2O2S2/c1-2-7-15-10-12-4-3-5-14(9-12)20(17,18)16-13-6-8-19-11-13/h3-5,9,13,15-16H,2,6-8,10-11H2,1H3. The predicted molar refractivity (Wildman–Crippen MR) is 84.5 cm³/mol. The van der Waals surface area contributed by atoms with Crippen LogP contribution < -0.4 is 10.0 Å². The van der Waals surface area contributed by atoms with Gasteiger partial charge in [0.25, 0.3) is 0 Å². The van der Waals surface area contributed by atoms with E-state index in [1.54, 1.807) is 30.0 Å². The maximum absolute atomic E-state index is 12.3. The van der Waals surface area contributed by atoms with Crippen molar-refractivity contribution in [3.05, 3.63) is 29.8 Å². The first-order chi connectivity index (χ1) is 9.62. The number of hydrogen-bond acceptors (Lipinski definition) is 4. The first-order valence-electron chi connectivity index (χ1n) is 7.01. The van der Waals surface area contributed by atoms with E-state index < -0.39 is 10.0 Å². The van der Waals surface area contributed by atoms with Crippen molar-refractivity contribution >= 4 is 21.8 Å². The minimum absolute atomic E-state index is 0.0758. The summed E-state index contributed by atoms with van der Waals surface area (Å²) in [7, 11) is -3.39. The average Bonchev–Trinajstić information content (AvgIpc) is 2.92. The second-order valence-electron chi connectivity index (χ2n) is 5.01. The number of hydrogen-bond donors (Lipinski definition) is 2. The van der Waals surface area contributed by atoms with Crippen molar-refractivity contribution in [1.29, 1.82) is 0 Å². The molecule has 2 N–H and O–H groups in total. The maximum atomic E-state index is 12.3. The van der Waals surface area contributed by atoms with Crippen LogP contribution in [0, 0.1) is 0 Å². The summed E-state index contributed by atoms with van der Waals surface area (Å²) in [6, 6.07) is 7.25. The number of benzene rings is 1. The molecule has 0 saturated carbocycles. The Hall–Kier alpha value is -0.560. The molecule has 1 aliphatic heterocycles. The lowest BCUT2D eigenvalue weighted by Crippen LogP contribution is -2.34. The molecule has 6 heteroatoms. The Morgan fingerprint density at radius 1 is 1.40 bits per heavy atom. The lowest BCUT2D eigenvalue weighted by Gasteiger charge is -2.13. The summed E-state index contributed by atoms with van der Waals surface area (Å²) in [5.41, 5.74) is 1.00. The van der Waals surface area contributed by atoms with Crippen LogP contribution in [0.2, 0.25) is 0 Å². The first kappa shape index (κ1) is 15.8. The third-order valence-electron chi connectivity index (χ3n) is 3.22. The van der Waals surface area contributed by atoms with E-state index in [0.29, 0.717) is 11.4 Å². The van der Waals surface area contributed by atoms with Crippen LogP contribution in [0.15, 0.2) is 29.2 Å². The molecule has 1 fully saturated rings. The number of thioether (sulfide) groups is 1. The lowest BCUT2D eigenvalue weighted by molar-refractivity contribution is 0.563. The quantitative estimate of drug-likeness (QED) is 0.756. The fraction of sp³-hybridized carbons (Fsp3) is 0.571. The zero-order chi connectivity index (χ0) is 14.4. The van der Waals surface area contributed by atoms with Crippen LogP contribution >= 0.6 is 11.8 Å². The molecule has 0 aliphatic carbocycles. The highest BCUT2D eigenvalue weighted by Crippen LogP contribution is 2.20. The summed E-state index contributed by atoms with van der Waals surface area (Å²) in [4.78, 5) is 0.366. The Kier molecular flexibility index (Phi) is 5.89. The van der Waals surface area contributed by atoms with E-state index in [1.165, 1.54) is 0 Å². The zero-order valence-electron chi connectivity index (χ0n) is 11.8. The van der Waals surface area contributed by atoms with Crippen molar-refractivity contribution in [2.75, 3.05) is 18.1 Å². The molecule has 1 aliphatic rings. The molecule has 0 amide bonds. The van der Waals surface area contributed by atoms with Gasteiger partial charge in [-0.1, -0.05) is 19.1 Å². The second-order valence-corrected chi connectivity index (χ2v) is 7.87. The minimum atomic E-state index is -3.39. The van der Waals surface area contributed by atoms with Crippen LogP contribution in [-0.2, 0) is 16.6 Å². The van der Waals surface area contributed by atoms with E-state index in [9.17, 15) is 8.42 Å². The van der Waals surface area contributed by atoms with Crippen molar-refractivity contribution in [3.63, 3.8) is 0 Å². The topological polar surface area (TPSA) is 58.2 Å². The van der Waals surface area contributed by atoms with Gasteiger partial charge in [0, 0.05) is 18.3 Å². The van der Waals surface area contributed by atoms with E-state index in [-0.39, 0.29) is 6.04 Å². The molecule has 0 spiro atoms. The highest BCUT2D eigenvalue weighted by atomic mass is 32.2. The maximum Gasteiger partial charge on any atom is 0.240 e. The third kappa shape index (κ3) is 4.48. The molecule has 1 saturated heterocycles. The molecule has 1 aromatic carbocycles. The van der Waals surface area contributed by atoms with Crippen LogP contribution in [0.3, 0.4) is 0 Å². The van der Waals surface area contributed by atoms with E-state index in [4.69, 9.17) is 0 Å². The van der Waals surface area contributed by atoms with Crippen molar-refractivity contribution in [2.45, 2.75) is 37.2 Å². The van der Waals surface area contributed by atoms with Gasteiger partial charge in [0.2, 0.25) is 10.0 Å². The number of rotatable bonds is 7. The molecular weight excluding hydrogens is 292 g/mol. The monoisotopic (exact) mass is 314 g/mol. The Balaban J connectivity index is 2.04. The van der Waals surface area contributed by atoms with Crippen molar-refractivity contribution in [2.24, 2.45) is 0 Å². The average molecular weight is 314 g/mol. The minimum Gasteiger partial charge on any atom is -0.313 e. The molecule has 2 rings (SSSR count). The molecule has 0 aromatic heterocycles. The van der Waals surface area contributed by atoms with Crippen molar-refractivity contribution in [1.82, 2.24) is 10.0 Å². The van der Waals surface area contributed by atoms with Gasteiger partial charge in [-0.3, -0.25) is 0 Å². The van der Waals surface area contributed by atoms with Gasteiger partial charge in [-0.2, -0.15) is 11.8 Å². The van der Waals surface area contributed by atoms with Crippen LogP contribution in [0.4, 0.5) is 0 Å². The van der Waals surface area contributed by atoms with Gasteiger partial charge in [0.05, 0.1) is 4.90 Å². The SMILES string of the molecule is CCCNCc1cccc(S(=O)(=O)NC2CCSC2)c1. The van der Waals surface area contributed by atoms with Crippen molar-refractivity contribution in [3.8, 4) is 0 Å². The highest BCUT2D eigenvalue weighted by Gasteiger charge is 2.23. The van der Waals surface area contributed by atoms with Gasteiger partial charge < -0.3 is 5.32 Å². The molecular formula is C14H22N2O2S2. The fourth-order valence-electron chi connectivity index (χ4n) is 2.15. The van der Waals surface area contributed by atoms with E-state index >= 15 is 0 Å². The smallest absolute Gasteiger partial charge is 0.240 e. The summed E-state index contributed by atoms with van der Waals surface area (Å²) >= 11 is 1.80. The molecule has 1 aromatic rings. The molecule has 1 heterocycles. The third-order valence-corrected chi connectivity index (χ3v) is 5.90. The Morgan fingerprint density at radius 2 is 2.25 bits per heavy atom. The zero-order valence-corrected chi connectivity index (χ0v) is 13.4. The molecule has 0 bridgehead atoms. The molecule has 0 radical (unpaired) electrons. The highest BCUT2D eigenvalue weighted by molar-refractivity contribution is 7.99. The molecule has 20 heavy (non-hydrogen) atoms. The summed E-state index contributed by atoms with van der Waals surface area (Å²) in [6.07, 6.45) is 1.99. The normalized spacial score (nSPS) is 19.4. The van der Waals surface area contributed by atoms with Gasteiger partial charge in [0.15, 0.2) is 0 Å². The van der Waals surface area contributed by atoms with Gasteiger partial charge >= 0.3 is 0 Å². The Bertz CT molecular complexity index is 526. The molecule has 112 valence electrons. The summed E-state index contributed by atoms with van der Waals surface area (Å²) < 4.78 is 27.5. The summed E-state index contributed by atoms with van der Waals surface area (Å²) in [5.74, 6) is 1.91. The van der Waals surface area contributed by atoms with Gasteiger partial charge in [0.1, 0.15) is 0 Å². The van der Waals surface area contributed by atoms with E-state index in [1.807, 2.05) is 6.07 Å². The van der Waals surface area contributed by atoms with E-state index in [2.05, 4.69) is 17.0 Å². The second kappa shape index (κ2) is 7.45.